The molecule has 4 heteroatoms. The average molecular weight is 207 g/mol. The van der Waals surface area contributed by atoms with Crippen molar-refractivity contribution in [3.05, 3.63) is 29.7 Å². The fourth-order valence-electron chi connectivity index (χ4n) is 1.59. The zero-order valence-electron chi connectivity index (χ0n) is 8.79. The van der Waals surface area contributed by atoms with E-state index in [9.17, 15) is 4.39 Å². The van der Waals surface area contributed by atoms with E-state index in [1.165, 1.54) is 12.1 Å². The Balaban J connectivity index is 2.56. The summed E-state index contributed by atoms with van der Waals surface area (Å²) in [5.74, 6) is 0.0259. The van der Waals surface area contributed by atoms with Gasteiger partial charge in [0.2, 0.25) is 0 Å². The monoisotopic (exact) mass is 207 g/mol. The second-order valence-electron chi connectivity index (χ2n) is 4.07. The maximum atomic E-state index is 13.1. The minimum absolute atomic E-state index is 0.142. The largest absolute Gasteiger partial charge is 0.322 e. The highest BCUT2D eigenvalue weighted by molar-refractivity contribution is 5.81. The number of hydrogen-bond donors (Lipinski definition) is 2. The van der Waals surface area contributed by atoms with Gasteiger partial charge in [-0.3, -0.25) is 5.10 Å². The number of aromatic amines is 1. The topological polar surface area (TPSA) is 54.7 Å². The molecule has 0 saturated carbocycles. The van der Waals surface area contributed by atoms with Gasteiger partial charge < -0.3 is 5.73 Å². The SMILES string of the molecule is CC(C)C(N)c1[nH]nc2ccc(F)cc12. The molecule has 0 bridgehead atoms. The van der Waals surface area contributed by atoms with E-state index in [0.29, 0.717) is 0 Å². The van der Waals surface area contributed by atoms with E-state index >= 15 is 0 Å². The lowest BCUT2D eigenvalue weighted by atomic mass is 9.99. The van der Waals surface area contributed by atoms with E-state index in [1.807, 2.05) is 13.8 Å². The van der Waals surface area contributed by atoms with Crippen molar-refractivity contribution in [2.75, 3.05) is 0 Å². The number of aromatic nitrogens is 2. The summed E-state index contributed by atoms with van der Waals surface area (Å²) in [5.41, 5.74) is 7.56. The van der Waals surface area contributed by atoms with Crippen LogP contribution in [0.25, 0.3) is 10.9 Å². The molecule has 1 atom stereocenters. The fraction of sp³-hybridized carbons (Fsp3) is 0.364. The molecule has 0 fully saturated rings. The van der Waals surface area contributed by atoms with Crippen LogP contribution in [0, 0.1) is 11.7 Å². The summed E-state index contributed by atoms with van der Waals surface area (Å²) in [5, 5.41) is 7.75. The van der Waals surface area contributed by atoms with E-state index in [1.54, 1.807) is 6.07 Å². The molecule has 1 unspecified atom stereocenters. The average Bonchev–Trinajstić information content (AvgIpc) is 2.59. The molecule has 0 aliphatic heterocycles. The standard InChI is InChI=1S/C11H14FN3/c1-6(2)10(13)11-8-5-7(12)3-4-9(8)14-15-11/h3-6,10H,13H2,1-2H3,(H,14,15). The molecule has 0 aliphatic rings. The van der Waals surface area contributed by atoms with Gasteiger partial charge in [0.05, 0.1) is 11.2 Å². The number of nitrogens with zero attached hydrogens (tertiary/aromatic N) is 1. The number of nitrogens with two attached hydrogens (primary N) is 1. The molecule has 0 radical (unpaired) electrons. The summed E-state index contributed by atoms with van der Waals surface area (Å²) < 4.78 is 13.1. The second kappa shape index (κ2) is 3.62. The van der Waals surface area contributed by atoms with Crippen molar-refractivity contribution in [3.63, 3.8) is 0 Å². The van der Waals surface area contributed by atoms with E-state index in [2.05, 4.69) is 10.2 Å². The molecule has 0 amide bonds. The van der Waals surface area contributed by atoms with Gasteiger partial charge in [0, 0.05) is 11.4 Å². The number of nitrogens with one attached hydrogen (secondary N) is 1. The first kappa shape index (κ1) is 10.1. The third-order valence-corrected chi connectivity index (χ3v) is 2.60. The molecule has 0 aliphatic carbocycles. The smallest absolute Gasteiger partial charge is 0.124 e. The number of hydrogen-bond acceptors (Lipinski definition) is 2. The van der Waals surface area contributed by atoms with Crippen LogP contribution in [0.2, 0.25) is 0 Å². The Labute approximate surface area is 87.5 Å². The van der Waals surface area contributed by atoms with Gasteiger partial charge >= 0.3 is 0 Å². The second-order valence-corrected chi connectivity index (χ2v) is 4.07. The molecule has 3 N–H and O–H groups in total. The third kappa shape index (κ3) is 1.72. The highest BCUT2D eigenvalue weighted by Gasteiger charge is 2.16. The first-order chi connectivity index (χ1) is 7.09. The van der Waals surface area contributed by atoms with E-state index in [4.69, 9.17) is 5.73 Å². The normalized spacial score (nSPS) is 13.7. The first-order valence-corrected chi connectivity index (χ1v) is 4.98. The molecule has 2 rings (SSSR count). The van der Waals surface area contributed by atoms with E-state index in [0.717, 1.165) is 16.6 Å². The molecule has 80 valence electrons. The van der Waals surface area contributed by atoms with Crippen LogP contribution in [-0.4, -0.2) is 10.2 Å². The summed E-state index contributed by atoms with van der Waals surface area (Å²) in [6, 6.07) is 4.37. The zero-order chi connectivity index (χ0) is 11.0. The minimum atomic E-state index is -0.263. The Hall–Kier alpha value is -1.42. The highest BCUT2D eigenvalue weighted by atomic mass is 19.1. The van der Waals surface area contributed by atoms with Gasteiger partial charge in [0.25, 0.3) is 0 Å². The quantitative estimate of drug-likeness (QED) is 0.794. The summed E-state index contributed by atoms with van der Waals surface area (Å²) in [6.45, 7) is 4.05. The lowest BCUT2D eigenvalue weighted by molar-refractivity contribution is 0.504. The van der Waals surface area contributed by atoms with Crippen molar-refractivity contribution in [2.24, 2.45) is 11.7 Å². The first-order valence-electron chi connectivity index (χ1n) is 4.98. The number of rotatable bonds is 2. The Bertz CT molecular complexity index is 476. The van der Waals surface area contributed by atoms with Crippen LogP contribution in [0.5, 0.6) is 0 Å². The van der Waals surface area contributed by atoms with Crippen molar-refractivity contribution in [1.29, 1.82) is 0 Å². The maximum absolute atomic E-state index is 13.1. The molecule has 15 heavy (non-hydrogen) atoms. The lowest BCUT2D eigenvalue weighted by Crippen LogP contribution is -2.17. The van der Waals surface area contributed by atoms with Crippen LogP contribution in [0.15, 0.2) is 18.2 Å². The number of fused-ring (bicyclic) bond motifs is 1. The van der Waals surface area contributed by atoms with Crippen LogP contribution in [-0.2, 0) is 0 Å². The van der Waals surface area contributed by atoms with Gasteiger partial charge in [0.15, 0.2) is 0 Å². The summed E-state index contributed by atoms with van der Waals surface area (Å²) in [6.07, 6.45) is 0. The number of halogens is 1. The lowest BCUT2D eigenvalue weighted by Gasteiger charge is -2.13. The van der Waals surface area contributed by atoms with Crippen molar-refractivity contribution >= 4 is 10.9 Å². The van der Waals surface area contributed by atoms with Gasteiger partial charge in [0.1, 0.15) is 5.82 Å². The van der Waals surface area contributed by atoms with Gasteiger partial charge in [-0.25, -0.2) is 4.39 Å². The zero-order valence-corrected chi connectivity index (χ0v) is 8.79. The molecule has 0 saturated heterocycles. The molecular formula is C11H14FN3. The predicted octanol–water partition coefficient (Wildman–Crippen LogP) is 2.36. The van der Waals surface area contributed by atoms with Crippen LogP contribution in [0.3, 0.4) is 0 Å². The summed E-state index contributed by atoms with van der Waals surface area (Å²) in [4.78, 5) is 0. The van der Waals surface area contributed by atoms with Crippen molar-refractivity contribution in [1.82, 2.24) is 10.2 Å². The Morgan fingerprint density at radius 3 is 2.80 bits per heavy atom. The van der Waals surface area contributed by atoms with Crippen LogP contribution < -0.4 is 5.73 Å². The predicted molar refractivity (Wildman–Crippen MR) is 57.8 cm³/mol. The minimum Gasteiger partial charge on any atom is -0.322 e. The number of benzene rings is 1. The maximum Gasteiger partial charge on any atom is 0.124 e. The van der Waals surface area contributed by atoms with Gasteiger partial charge in [-0.1, -0.05) is 13.8 Å². The van der Waals surface area contributed by atoms with Crippen LogP contribution >= 0.6 is 0 Å². The molecule has 1 heterocycles. The Morgan fingerprint density at radius 2 is 2.13 bits per heavy atom. The van der Waals surface area contributed by atoms with Crippen LogP contribution in [0.1, 0.15) is 25.6 Å². The van der Waals surface area contributed by atoms with E-state index < -0.39 is 0 Å². The Morgan fingerprint density at radius 1 is 1.40 bits per heavy atom. The van der Waals surface area contributed by atoms with Gasteiger partial charge in [-0.2, -0.15) is 5.10 Å². The number of H-pyrrole nitrogens is 1. The molecule has 0 spiro atoms. The summed E-state index contributed by atoms with van der Waals surface area (Å²) >= 11 is 0. The van der Waals surface area contributed by atoms with Gasteiger partial charge in [-0.15, -0.1) is 0 Å². The van der Waals surface area contributed by atoms with Crippen molar-refractivity contribution < 1.29 is 4.39 Å². The molecular weight excluding hydrogens is 193 g/mol. The highest BCUT2D eigenvalue weighted by Crippen LogP contribution is 2.25. The molecule has 1 aromatic carbocycles. The van der Waals surface area contributed by atoms with Gasteiger partial charge in [-0.05, 0) is 24.1 Å². The molecule has 2 aromatic rings. The Kier molecular flexibility index (Phi) is 2.44. The van der Waals surface area contributed by atoms with Crippen LogP contribution in [0.4, 0.5) is 4.39 Å². The van der Waals surface area contributed by atoms with Crippen molar-refractivity contribution in [2.45, 2.75) is 19.9 Å². The third-order valence-electron chi connectivity index (χ3n) is 2.60. The summed E-state index contributed by atoms with van der Waals surface area (Å²) in [7, 11) is 0. The fourth-order valence-corrected chi connectivity index (χ4v) is 1.59. The molecule has 3 nitrogen and oxygen atoms in total. The van der Waals surface area contributed by atoms with Crippen molar-refractivity contribution in [3.8, 4) is 0 Å². The molecule has 1 aromatic heterocycles. The van der Waals surface area contributed by atoms with E-state index in [-0.39, 0.29) is 17.8 Å².